The third-order valence-corrected chi connectivity index (χ3v) is 3.58. The molecule has 0 bridgehead atoms. The summed E-state index contributed by atoms with van der Waals surface area (Å²) < 4.78 is 1.76. The summed E-state index contributed by atoms with van der Waals surface area (Å²) >= 11 is 0. The number of hydrogen-bond acceptors (Lipinski definition) is 3. The molecule has 0 radical (unpaired) electrons. The zero-order chi connectivity index (χ0) is 14.8. The Labute approximate surface area is 123 Å². The highest BCUT2D eigenvalue weighted by atomic mass is 16.3. The van der Waals surface area contributed by atoms with Crippen molar-refractivity contribution in [1.29, 1.82) is 0 Å². The minimum absolute atomic E-state index is 0.0112. The first kappa shape index (κ1) is 13.5. The van der Waals surface area contributed by atoms with Gasteiger partial charge in [0.05, 0.1) is 6.61 Å². The van der Waals surface area contributed by atoms with Crippen molar-refractivity contribution < 1.29 is 5.11 Å². The second-order valence-electron chi connectivity index (χ2n) is 5.01. The van der Waals surface area contributed by atoms with Crippen molar-refractivity contribution in [3.05, 3.63) is 59.7 Å². The van der Waals surface area contributed by atoms with Gasteiger partial charge in [-0.05, 0) is 18.1 Å². The molecule has 2 aromatic carbocycles. The van der Waals surface area contributed by atoms with E-state index in [0.29, 0.717) is 5.82 Å². The molecule has 0 atom stereocenters. The van der Waals surface area contributed by atoms with Crippen LogP contribution < -0.4 is 0 Å². The number of benzene rings is 2. The number of nitrogens with zero attached hydrogens (tertiary/aromatic N) is 3. The summed E-state index contributed by atoms with van der Waals surface area (Å²) in [6.45, 7) is 2.04. The average molecular weight is 279 g/mol. The van der Waals surface area contributed by atoms with Crippen molar-refractivity contribution in [2.75, 3.05) is 0 Å². The highest BCUT2D eigenvalue weighted by Gasteiger charge is 2.14. The number of rotatable bonds is 3. The molecule has 106 valence electrons. The maximum absolute atomic E-state index is 9.48. The molecule has 21 heavy (non-hydrogen) atoms. The first-order valence-corrected chi connectivity index (χ1v) is 6.87. The molecule has 0 spiro atoms. The van der Waals surface area contributed by atoms with Gasteiger partial charge < -0.3 is 5.11 Å². The van der Waals surface area contributed by atoms with Crippen molar-refractivity contribution in [1.82, 2.24) is 14.8 Å². The Hall–Kier alpha value is -2.46. The van der Waals surface area contributed by atoms with E-state index in [-0.39, 0.29) is 6.61 Å². The van der Waals surface area contributed by atoms with Gasteiger partial charge in [0.15, 0.2) is 11.6 Å². The summed E-state index contributed by atoms with van der Waals surface area (Å²) in [4.78, 5) is 4.66. The smallest absolute Gasteiger partial charge is 0.182 e. The normalized spacial score (nSPS) is 10.8. The Bertz CT molecular complexity index is 777. The van der Waals surface area contributed by atoms with E-state index in [1.54, 1.807) is 4.68 Å². The molecule has 1 aromatic heterocycles. The number of aliphatic hydroxyl groups is 1. The predicted octanol–water partition coefficient (Wildman–Crippen LogP) is 2.95. The molecule has 0 fully saturated rings. The van der Waals surface area contributed by atoms with Gasteiger partial charge in [-0.25, -0.2) is 9.67 Å². The lowest BCUT2D eigenvalue weighted by molar-refractivity contribution is 0.282. The van der Waals surface area contributed by atoms with Gasteiger partial charge in [0, 0.05) is 18.2 Å². The van der Waals surface area contributed by atoms with Crippen LogP contribution in [0.1, 0.15) is 11.1 Å². The quantitative estimate of drug-likeness (QED) is 0.802. The first-order chi connectivity index (χ1) is 10.2. The SMILES string of the molecule is Cc1ccccc1-c1nc(-c2ccccc2CO)n(C)n1. The van der Waals surface area contributed by atoms with Crippen molar-refractivity contribution in [3.8, 4) is 22.8 Å². The summed E-state index contributed by atoms with van der Waals surface area (Å²) in [7, 11) is 1.87. The Kier molecular flexibility index (Phi) is 3.54. The predicted molar refractivity (Wildman–Crippen MR) is 82.5 cm³/mol. The molecular formula is C17H17N3O. The second-order valence-corrected chi connectivity index (χ2v) is 5.01. The average Bonchev–Trinajstić information content (AvgIpc) is 2.89. The maximum atomic E-state index is 9.48. The second kappa shape index (κ2) is 5.50. The van der Waals surface area contributed by atoms with Gasteiger partial charge in [0.1, 0.15) is 0 Å². The van der Waals surface area contributed by atoms with Crippen molar-refractivity contribution in [2.24, 2.45) is 7.05 Å². The third-order valence-electron chi connectivity index (χ3n) is 3.58. The lowest BCUT2D eigenvalue weighted by atomic mass is 10.1. The van der Waals surface area contributed by atoms with E-state index in [1.807, 2.05) is 62.5 Å². The molecule has 4 nitrogen and oxygen atoms in total. The number of hydrogen-bond donors (Lipinski definition) is 1. The number of aryl methyl sites for hydroxylation is 2. The summed E-state index contributed by atoms with van der Waals surface area (Å²) in [5, 5.41) is 14.0. The summed E-state index contributed by atoms with van der Waals surface area (Å²) in [6, 6.07) is 15.8. The molecule has 0 aliphatic heterocycles. The zero-order valence-electron chi connectivity index (χ0n) is 12.1. The molecule has 0 amide bonds. The molecule has 0 aliphatic carbocycles. The molecule has 0 aliphatic rings. The lowest BCUT2D eigenvalue weighted by Gasteiger charge is -2.05. The van der Waals surface area contributed by atoms with Crippen molar-refractivity contribution >= 4 is 0 Å². The van der Waals surface area contributed by atoms with Crippen molar-refractivity contribution in [2.45, 2.75) is 13.5 Å². The maximum Gasteiger partial charge on any atom is 0.182 e. The molecule has 0 unspecified atom stereocenters. The fourth-order valence-corrected chi connectivity index (χ4v) is 2.43. The van der Waals surface area contributed by atoms with Crippen LogP contribution in [0.5, 0.6) is 0 Å². The van der Waals surface area contributed by atoms with E-state index in [4.69, 9.17) is 0 Å². The van der Waals surface area contributed by atoms with Gasteiger partial charge in [-0.1, -0.05) is 48.5 Å². The third kappa shape index (κ3) is 2.45. The van der Waals surface area contributed by atoms with Gasteiger partial charge in [-0.3, -0.25) is 0 Å². The van der Waals surface area contributed by atoms with Crippen LogP contribution in [-0.2, 0) is 13.7 Å². The van der Waals surface area contributed by atoms with Crippen LogP contribution in [0.15, 0.2) is 48.5 Å². The minimum Gasteiger partial charge on any atom is -0.392 e. The summed E-state index contributed by atoms with van der Waals surface area (Å²) in [5.41, 5.74) is 3.94. The van der Waals surface area contributed by atoms with Gasteiger partial charge in [-0.15, -0.1) is 0 Å². The van der Waals surface area contributed by atoms with E-state index in [0.717, 1.165) is 28.1 Å². The standard InChI is InChI=1S/C17H17N3O/c1-12-7-3-5-9-14(12)16-18-17(20(2)19-16)15-10-6-4-8-13(15)11-21/h3-10,21H,11H2,1-2H3. The Balaban J connectivity index is 2.13. The minimum atomic E-state index is -0.0112. The molecule has 0 saturated heterocycles. The molecule has 0 saturated carbocycles. The summed E-state index contributed by atoms with van der Waals surface area (Å²) in [6.07, 6.45) is 0. The van der Waals surface area contributed by atoms with E-state index in [2.05, 4.69) is 10.1 Å². The molecule has 3 rings (SSSR count). The van der Waals surface area contributed by atoms with Gasteiger partial charge >= 0.3 is 0 Å². The van der Waals surface area contributed by atoms with Crippen molar-refractivity contribution in [3.63, 3.8) is 0 Å². The lowest BCUT2D eigenvalue weighted by Crippen LogP contribution is -1.97. The van der Waals surface area contributed by atoms with E-state index in [1.165, 1.54) is 0 Å². The van der Waals surface area contributed by atoms with E-state index >= 15 is 0 Å². The Morgan fingerprint density at radius 2 is 1.67 bits per heavy atom. The van der Waals surface area contributed by atoms with Crippen LogP contribution in [0.2, 0.25) is 0 Å². The van der Waals surface area contributed by atoms with E-state index < -0.39 is 0 Å². The Morgan fingerprint density at radius 3 is 2.38 bits per heavy atom. The number of aromatic nitrogens is 3. The first-order valence-electron chi connectivity index (χ1n) is 6.87. The molecular weight excluding hydrogens is 262 g/mol. The topological polar surface area (TPSA) is 50.9 Å². The fourth-order valence-electron chi connectivity index (χ4n) is 2.43. The van der Waals surface area contributed by atoms with Crippen LogP contribution in [0.25, 0.3) is 22.8 Å². The Morgan fingerprint density at radius 1 is 1.00 bits per heavy atom. The molecule has 1 N–H and O–H groups in total. The van der Waals surface area contributed by atoms with Crippen LogP contribution >= 0.6 is 0 Å². The molecule has 3 aromatic rings. The van der Waals surface area contributed by atoms with Gasteiger partial charge in [0.25, 0.3) is 0 Å². The zero-order valence-corrected chi connectivity index (χ0v) is 12.1. The highest BCUT2D eigenvalue weighted by molar-refractivity contribution is 5.66. The van der Waals surface area contributed by atoms with Gasteiger partial charge in [0.2, 0.25) is 0 Å². The van der Waals surface area contributed by atoms with Crippen LogP contribution in [0.4, 0.5) is 0 Å². The van der Waals surface area contributed by atoms with E-state index in [9.17, 15) is 5.11 Å². The highest BCUT2D eigenvalue weighted by Crippen LogP contribution is 2.26. The number of aliphatic hydroxyl groups excluding tert-OH is 1. The fraction of sp³-hybridized carbons (Fsp3) is 0.176. The largest absolute Gasteiger partial charge is 0.392 e. The van der Waals surface area contributed by atoms with Crippen LogP contribution in [0, 0.1) is 6.92 Å². The monoisotopic (exact) mass is 279 g/mol. The van der Waals surface area contributed by atoms with Crippen LogP contribution in [0.3, 0.4) is 0 Å². The summed E-state index contributed by atoms with van der Waals surface area (Å²) in [5.74, 6) is 1.47. The molecule has 1 heterocycles. The van der Waals surface area contributed by atoms with Gasteiger partial charge in [-0.2, -0.15) is 5.10 Å². The van der Waals surface area contributed by atoms with Crippen LogP contribution in [-0.4, -0.2) is 19.9 Å². The molecule has 4 heteroatoms.